The Kier molecular flexibility index (Phi) is 4.87. The summed E-state index contributed by atoms with van der Waals surface area (Å²) in [5.74, 6) is 0.737. The number of pyridine rings is 1. The Morgan fingerprint density at radius 3 is 2.66 bits per heavy atom. The van der Waals surface area contributed by atoms with Crippen molar-refractivity contribution < 1.29 is 9.13 Å². The van der Waals surface area contributed by atoms with Crippen molar-refractivity contribution in [1.29, 1.82) is 0 Å². The van der Waals surface area contributed by atoms with Crippen LogP contribution in [0.25, 0.3) is 10.9 Å². The Balaban J connectivity index is 1.71. The van der Waals surface area contributed by atoms with Crippen LogP contribution in [0.15, 0.2) is 66.0 Å². The van der Waals surface area contributed by atoms with Crippen molar-refractivity contribution in [3.63, 3.8) is 0 Å². The van der Waals surface area contributed by atoms with Crippen LogP contribution < -0.4 is 10.5 Å². The summed E-state index contributed by atoms with van der Waals surface area (Å²) in [5, 5.41) is 0.847. The number of anilines is 1. The Hall–Kier alpha value is -3.87. The van der Waals surface area contributed by atoms with Gasteiger partial charge in [-0.05, 0) is 37.3 Å². The predicted octanol–water partition coefficient (Wildman–Crippen LogP) is 4.31. The smallest absolute Gasteiger partial charge is 0.138 e. The first-order chi connectivity index (χ1) is 14.1. The molecule has 0 saturated heterocycles. The number of fused-ring (bicyclic) bond motifs is 1. The second-order valence-corrected chi connectivity index (χ2v) is 6.36. The predicted molar refractivity (Wildman–Crippen MR) is 111 cm³/mol. The van der Waals surface area contributed by atoms with E-state index in [0.717, 1.165) is 10.9 Å². The highest BCUT2D eigenvalue weighted by molar-refractivity contribution is 6.16. The van der Waals surface area contributed by atoms with E-state index in [4.69, 9.17) is 10.5 Å². The van der Waals surface area contributed by atoms with Gasteiger partial charge in [-0.1, -0.05) is 12.1 Å². The number of halogens is 1. The number of hydrogen-bond donors (Lipinski definition) is 1. The van der Waals surface area contributed by atoms with Crippen LogP contribution in [0.3, 0.4) is 0 Å². The quantitative estimate of drug-likeness (QED) is 0.527. The molecule has 2 heterocycles. The fourth-order valence-electron chi connectivity index (χ4n) is 3.19. The van der Waals surface area contributed by atoms with Crippen LogP contribution in [0.4, 0.5) is 10.2 Å². The minimum Gasteiger partial charge on any atom is -0.456 e. The van der Waals surface area contributed by atoms with Gasteiger partial charge in [-0.3, -0.25) is 9.98 Å². The molecule has 0 amide bonds. The van der Waals surface area contributed by atoms with Crippen molar-refractivity contribution in [2.24, 2.45) is 4.99 Å². The monoisotopic (exact) mass is 387 g/mol. The summed E-state index contributed by atoms with van der Waals surface area (Å²) < 4.78 is 20.9. The largest absolute Gasteiger partial charge is 0.456 e. The molecule has 0 unspecified atom stereocenters. The van der Waals surface area contributed by atoms with Crippen molar-refractivity contribution >= 4 is 22.4 Å². The number of benzene rings is 2. The van der Waals surface area contributed by atoms with Crippen LogP contribution in [-0.4, -0.2) is 27.7 Å². The van der Waals surface area contributed by atoms with Gasteiger partial charge in [0.1, 0.15) is 29.5 Å². The van der Waals surface area contributed by atoms with Crippen molar-refractivity contribution in [2.45, 2.75) is 6.92 Å². The molecule has 4 rings (SSSR count). The van der Waals surface area contributed by atoms with Gasteiger partial charge in [0.2, 0.25) is 0 Å². The zero-order valence-corrected chi connectivity index (χ0v) is 15.9. The molecule has 0 aliphatic rings. The van der Waals surface area contributed by atoms with Gasteiger partial charge >= 0.3 is 0 Å². The lowest BCUT2D eigenvalue weighted by molar-refractivity contribution is 0.481. The second-order valence-electron chi connectivity index (χ2n) is 6.36. The number of para-hydroxylation sites is 1. The number of aryl methyl sites for hydroxylation is 1. The van der Waals surface area contributed by atoms with Crippen molar-refractivity contribution in [3.05, 3.63) is 83.7 Å². The molecule has 4 aromatic rings. The fourth-order valence-corrected chi connectivity index (χ4v) is 3.19. The van der Waals surface area contributed by atoms with E-state index in [1.54, 1.807) is 38.4 Å². The van der Waals surface area contributed by atoms with E-state index in [9.17, 15) is 4.39 Å². The Morgan fingerprint density at radius 1 is 1.07 bits per heavy atom. The molecular formula is C22H18FN5O. The maximum absolute atomic E-state index is 15.0. The van der Waals surface area contributed by atoms with Crippen LogP contribution in [0.1, 0.15) is 16.8 Å². The summed E-state index contributed by atoms with van der Waals surface area (Å²) in [5.41, 5.74) is 8.61. The molecule has 0 aliphatic heterocycles. The summed E-state index contributed by atoms with van der Waals surface area (Å²) in [7, 11) is 1.58. The van der Waals surface area contributed by atoms with Gasteiger partial charge in [0.05, 0.1) is 22.5 Å². The van der Waals surface area contributed by atoms with E-state index in [-0.39, 0.29) is 5.82 Å². The maximum Gasteiger partial charge on any atom is 0.138 e. The standard InChI is InChI=1S/C22H18FN5O/c1-13-20(22(24)28-12-27-13)21(25-2)15-8-7-14(11-17(15)23)29-19-9-10-26-18-6-4-3-5-16(18)19/h3-12H,1-2H3,(H2,24,27,28). The van der Waals surface area contributed by atoms with Crippen molar-refractivity contribution in [2.75, 3.05) is 12.8 Å². The van der Waals surface area contributed by atoms with E-state index in [2.05, 4.69) is 19.9 Å². The second kappa shape index (κ2) is 7.63. The van der Waals surface area contributed by atoms with E-state index in [0.29, 0.717) is 34.0 Å². The Bertz CT molecular complexity index is 1210. The molecule has 7 heteroatoms. The summed E-state index contributed by atoms with van der Waals surface area (Å²) in [6.07, 6.45) is 3.03. The highest BCUT2D eigenvalue weighted by Gasteiger charge is 2.18. The number of aliphatic imine (C=N–C) groups is 1. The number of ether oxygens (including phenoxy) is 1. The fraction of sp³-hybridized carbons (Fsp3) is 0.0909. The van der Waals surface area contributed by atoms with Crippen LogP contribution >= 0.6 is 0 Å². The van der Waals surface area contributed by atoms with Gasteiger partial charge in [-0.2, -0.15) is 0 Å². The number of aromatic nitrogens is 3. The van der Waals surface area contributed by atoms with Crippen LogP contribution in [0.2, 0.25) is 0 Å². The van der Waals surface area contributed by atoms with Gasteiger partial charge in [0, 0.05) is 30.3 Å². The number of nitrogen functional groups attached to an aromatic ring is 1. The Labute approximate surface area is 166 Å². The summed E-state index contributed by atoms with van der Waals surface area (Å²) in [6, 6.07) is 14.0. The van der Waals surface area contributed by atoms with Gasteiger partial charge in [0.25, 0.3) is 0 Å². The summed E-state index contributed by atoms with van der Waals surface area (Å²) >= 11 is 0. The SMILES string of the molecule is CN=C(c1ccc(Oc2ccnc3ccccc23)cc1F)c1c(C)ncnc1N. The lowest BCUT2D eigenvalue weighted by atomic mass is 10.0. The third-order valence-corrected chi connectivity index (χ3v) is 4.56. The molecule has 0 bridgehead atoms. The van der Waals surface area contributed by atoms with Crippen molar-refractivity contribution in [3.8, 4) is 11.5 Å². The first-order valence-corrected chi connectivity index (χ1v) is 8.94. The molecule has 2 N–H and O–H groups in total. The molecule has 144 valence electrons. The summed E-state index contributed by atoms with van der Waals surface area (Å²) in [6.45, 7) is 1.78. The van der Waals surface area contributed by atoms with E-state index in [1.807, 2.05) is 24.3 Å². The molecule has 0 fully saturated rings. The average molecular weight is 387 g/mol. The zero-order valence-electron chi connectivity index (χ0n) is 15.9. The number of rotatable bonds is 4. The minimum atomic E-state index is -0.482. The molecule has 0 spiro atoms. The van der Waals surface area contributed by atoms with E-state index < -0.39 is 5.82 Å². The molecular weight excluding hydrogens is 369 g/mol. The molecule has 0 atom stereocenters. The maximum atomic E-state index is 15.0. The highest BCUT2D eigenvalue weighted by atomic mass is 19.1. The van der Waals surface area contributed by atoms with Gasteiger partial charge in [-0.15, -0.1) is 0 Å². The van der Waals surface area contributed by atoms with Crippen LogP contribution in [0, 0.1) is 12.7 Å². The summed E-state index contributed by atoms with van der Waals surface area (Å²) in [4.78, 5) is 16.7. The number of nitrogens with zero attached hydrogens (tertiary/aromatic N) is 4. The topological polar surface area (TPSA) is 86.3 Å². The lowest BCUT2D eigenvalue weighted by Gasteiger charge is -2.13. The normalized spacial score (nSPS) is 11.6. The van der Waals surface area contributed by atoms with E-state index in [1.165, 1.54) is 12.4 Å². The number of hydrogen-bond acceptors (Lipinski definition) is 6. The van der Waals surface area contributed by atoms with Crippen LogP contribution in [0.5, 0.6) is 11.5 Å². The van der Waals surface area contributed by atoms with Crippen molar-refractivity contribution in [1.82, 2.24) is 15.0 Å². The van der Waals surface area contributed by atoms with E-state index >= 15 is 0 Å². The highest BCUT2D eigenvalue weighted by Crippen LogP contribution is 2.30. The molecule has 0 aliphatic carbocycles. The number of nitrogens with two attached hydrogens (primary N) is 1. The zero-order chi connectivity index (χ0) is 20.4. The Morgan fingerprint density at radius 2 is 1.90 bits per heavy atom. The lowest BCUT2D eigenvalue weighted by Crippen LogP contribution is -2.13. The van der Waals surface area contributed by atoms with Crippen LogP contribution in [-0.2, 0) is 0 Å². The van der Waals surface area contributed by atoms with Gasteiger partial charge < -0.3 is 10.5 Å². The minimum absolute atomic E-state index is 0.251. The molecule has 29 heavy (non-hydrogen) atoms. The first-order valence-electron chi connectivity index (χ1n) is 8.94. The third-order valence-electron chi connectivity index (χ3n) is 4.56. The van der Waals surface area contributed by atoms with Gasteiger partial charge in [0.15, 0.2) is 0 Å². The van der Waals surface area contributed by atoms with Gasteiger partial charge in [-0.25, -0.2) is 14.4 Å². The average Bonchev–Trinajstić information content (AvgIpc) is 2.72. The molecule has 0 radical (unpaired) electrons. The molecule has 6 nitrogen and oxygen atoms in total. The molecule has 2 aromatic carbocycles. The molecule has 0 saturated carbocycles. The molecule has 2 aromatic heterocycles. The first kappa shape index (κ1) is 18.5. The third kappa shape index (κ3) is 3.50.